The van der Waals surface area contributed by atoms with E-state index in [-0.39, 0.29) is 30.7 Å². The van der Waals surface area contributed by atoms with E-state index in [1.165, 1.54) is 18.4 Å². The summed E-state index contributed by atoms with van der Waals surface area (Å²) in [6.07, 6.45) is 4.91. The summed E-state index contributed by atoms with van der Waals surface area (Å²) in [5.74, 6) is 0.00164. The van der Waals surface area contributed by atoms with Gasteiger partial charge < -0.3 is 15.3 Å². The Kier molecular flexibility index (Phi) is 5.08. The second-order valence-corrected chi connectivity index (χ2v) is 7.45. The molecule has 1 saturated heterocycles. The molecule has 0 bridgehead atoms. The molecule has 25 heavy (non-hydrogen) atoms. The van der Waals surface area contributed by atoms with Crippen LogP contribution in [0.25, 0.3) is 0 Å². The highest BCUT2D eigenvalue weighted by molar-refractivity contribution is 5.89. The molecule has 2 N–H and O–H groups in total. The molecule has 1 aromatic rings. The molecule has 2 fully saturated rings. The number of nitrogens with zero attached hydrogens (tertiary/aromatic N) is 4. The SMILES string of the molecule is CNC(=O)C1CC(O)CN1C(=O)C(C(C)C)n1cc(C2CCC2)nn1. The van der Waals surface area contributed by atoms with Gasteiger partial charge >= 0.3 is 0 Å². The van der Waals surface area contributed by atoms with Crippen molar-refractivity contribution in [1.29, 1.82) is 0 Å². The van der Waals surface area contributed by atoms with Crippen LogP contribution in [0.4, 0.5) is 0 Å². The van der Waals surface area contributed by atoms with E-state index in [1.54, 1.807) is 4.68 Å². The van der Waals surface area contributed by atoms with E-state index in [0.29, 0.717) is 5.92 Å². The van der Waals surface area contributed by atoms with E-state index >= 15 is 0 Å². The second kappa shape index (κ2) is 7.11. The van der Waals surface area contributed by atoms with E-state index in [0.717, 1.165) is 18.5 Å². The fourth-order valence-corrected chi connectivity index (χ4v) is 3.66. The zero-order chi connectivity index (χ0) is 18.1. The Hall–Kier alpha value is -1.96. The van der Waals surface area contributed by atoms with Gasteiger partial charge in [0.2, 0.25) is 11.8 Å². The van der Waals surface area contributed by atoms with E-state index < -0.39 is 18.2 Å². The summed E-state index contributed by atoms with van der Waals surface area (Å²) in [7, 11) is 1.54. The standard InChI is InChI=1S/C17H27N5O3/c1-10(2)15(22-9-13(19-20-22)11-5-4-6-11)17(25)21-8-12(23)7-14(21)16(24)18-3/h9-12,14-15,23H,4-8H2,1-3H3,(H,18,24). The summed E-state index contributed by atoms with van der Waals surface area (Å²) in [5.41, 5.74) is 0.939. The first-order valence-electron chi connectivity index (χ1n) is 9.04. The van der Waals surface area contributed by atoms with Crippen LogP contribution < -0.4 is 5.32 Å². The molecule has 0 spiro atoms. The van der Waals surface area contributed by atoms with Crippen LogP contribution in [0.1, 0.15) is 57.2 Å². The molecule has 138 valence electrons. The molecular weight excluding hydrogens is 322 g/mol. The molecule has 2 heterocycles. The first kappa shape index (κ1) is 17.8. The van der Waals surface area contributed by atoms with Crippen LogP contribution >= 0.6 is 0 Å². The summed E-state index contributed by atoms with van der Waals surface area (Å²) < 4.78 is 1.63. The number of rotatable bonds is 5. The van der Waals surface area contributed by atoms with Gasteiger partial charge in [-0.1, -0.05) is 25.5 Å². The summed E-state index contributed by atoms with van der Waals surface area (Å²) in [5, 5.41) is 21.0. The van der Waals surface area contributed by atoms with Crippen LogP contribution in [-0.2, 0) is 9.59 Å². The number of nitrogens with one attached hydrogen (secondary N) is 1. The van der Waals surface area contributed by atoms with Gasteiger partial charge in [-0.05, 0) is 18.8 Å². The summed E-state index contributed by atoms with van der Waals surface area (Å²) in [6.45, 7) is 4.08. The number of carbonyl (C=O) groups is 2. The maximum atomic E-state index is 13.2. The van der Waals surface area contributed by atoms with Crippen molar-refractivity contribution < 1.29 is 14.7 Å². The number of likely N-dealkylation sites (N-methyl/N-ethyl adjacent to an activating group) is 1. The van der Waals surface area contributed by atoms with Gasteiger partial charge in [0, 0.05) is 32.1 Å². The van der Waals surface area contributed by atoms with Gasteiger partial charge in [0.05, 0.1) is 11.8 Å². The van der Waals surface area contributed by atoms with E-state index in [4.69, 9.17) is 0 Å². The van der Waals surface area contributed by atoms with Gasteiger partial charge in [0.1, 0.15) is 12.1 Å². The number of amides is 2. The van der Waals surface area contributed by atoms with Crippen molar-refractivity contribution in [1.82, 2.24) is 25.2 Å². The Bertz CT molecular complexity index is 640. The smallest absolute Gasteiger partial charge is 0.248 e. The number of β-amino-alcohol motifs (C(OH)–C–C–N with tert-alkyl or cyclic N) is 1. The molecule has 2 aliphatic rings. The topological polar surface area (TPSA) is 100 Å². The zero-order valence-corrected chi connectivity index (χ0v) is 15.1. The third-order valence-electron chi connectivity index (χ3n) is 5.33. The third kappa shape index (κ3) is 3.40. The molecule has 1 aliphatic carbocycles. The molecule has 8 nitrogen and oxygen atoms in total. The monoisotopic (exact) mass is 349 g/mol. The molecule has 8 heteroatoms. The van der Waals surface area contributed by atoms with Gasteiger partial charge in [-0.25, -0.2) is 4.68 Å². The molecule has 0 radical (unpaired) electrons. The molecule has 1 saturated carbocycles. The van der Waals surface area contributed by atoms with E-state index in [9.17, 15) is 14.7 Å². The number of aromatic nitrogens is 3. The zero-order valence-electron chi connectivity index (χ0n) is 15.1. The summed E-state index contributed by atoms with van der Waals surface area (Å²) >= 11 is 0. The van der Waals surface area contributed by atoms with Crippen molar-refractivity contribution in [3.8, 4) is 0 Å². The highest BCUT2D eigenvalue weighted by Gasteiger charge is 2.42. The number of hydrogen-bond donors (Lipinski definition) is 2. The minimum atomic E-state index is -0.680. The van der Waals surface area contributed by atoms with Crippen molar-refractivity contribution in [2.24, 2.45) is 5.92 Å². The van der Waals surface area contributed by atoms with Gasteiger partial charge in [0.25, 0.3) is 0 Å². The Morgan fingerprint density at radius 1 is 1.36 bits per heavy atom. The van der Waals surface area contributed by atoms with Crippen LogP contribution in [-0.4, -0.2) is 62.6 Å². The average molecular weight is 349 g/mol. The van der Waals surface area contributed by atoms with E-state index in [2.05, 4.69) is 15.6 Å². The molecule has 0 aromatic carbocycles. The molecule has 3 atom stereocenters. The van der Waals surface area contributed by atoms with E-state index in [1.807, 2.05) is 20.0 Å². The molecule has 1 aromatic heterocycles. The molecule has 1 aliphatic heterocycles. The summed E-state index contributed by atoms with van der Waals surface area (Å²) in [4.78, 5) is 26.8. The fraction of sp³-hybridized carbons (Fsp3) is 0.765. The van der Waals surface area contributed by atoms with Gasteiger partial charge in [-0.2, -0.15) is 0 Å². The lowest BCUT2D eigenvalue weighted by molar-refractivity contribution is -0.142. The summed E-state index contributed by atoms with van der Waals surface area (Å²) in [6, 6.07) is -1.16. The number of hydrogen-bond acceptors (Lipinski definition) is 5. The maximum Gasteiger partial charge on any atom is 0.248 e. The highest BCUT2D eigenvalue weighted by atomic mass is 16.3. The van der Waals surface area contributed by atoms with Crippen LogP contribution in [0.5, 0.6) is 0 Å². The number of likely N-dealkylation sites (tertiary alicyclic amines) is 1. The van der Waals surface area contributed by atoms with Crippen molar-refractivity contribution in [2.75, 3.05) is 13.6 Å². The Morgan fingerprint density at radius 2 is 2.08 bits per heavy atom. The normalized spacial score (nSPS) is 25.1. The average Bonchev–Trinajstić information content (AvgIpc) is 3.11. The predicted octanol–water partition coefficient (Wildman–Crippen LogP) is 0.450. The Morgan fingerprint density at radius 3 is 2.64 bits per heavy atom. The lowest BCUT2D eigenvalue weighted by atomic mass is 9.83. The van der Waals surface area contributed by atoms with Crippen molar-refractivity contribution >= 4 is 11.8 Å². The number of aliphatic hydroxyl groups is 1. The van der Waals surface area contributed by atoms with Crippen LogP contribution in [0.2, 0.25) is 0 Å². The maximum absolute atomic E-state index is 13.2. The number of carbonyl (C=O) groups excluding carboxylic acids is 2. The van der Waals surface area contributed by atoms with Crippen molar-refractivity contribution in [3.05, 3.63) is 11.9 Å². The minimum Gasteiger partial charge on any atom is -0.391 e. The lowest BCUT2D eigenvalue weighted by Gasteiger charge is -2.29. The molecule has 3 rings (SSSR count). The van der Waals surface area contributed by atoms with Crippen molar-refractivity contribution in [2.45, 2.75) is 63.6 Å². The van der Waals surface area contributed by atoms with Gasteiger partial charge in [-0.3, -0.25) is 9.59 Å². The van der Waals surface area contributed by atoms with Gasteiger partial charge in [0.15, 0.2) is 0 Å². The van der Waals surface area contributed by atoms with Gasteiger partial charge in [-0.15, -0.1) is 5.10 Å². The first-order valence-corrected chi connectivity index (χ1v) is 9.04. The highest BCUT2D eigenvalue weighted by Crippen LogP contribution is 2.35. The first-order chi connectivity index (χ1) is 11.9. The minimum absolute atomic E-state index is 0.00785. The molecular formula is C17H27N5O3. The molecule has 2 amide bonds. The third-order valence-corrected chi connectivity index (χ3v) is 5.33. The van der Waals surface area contributed by atoms with Crippen LogP contribution in [0, 0.1) is 5.92 Å². The fourth-order valence-electron chi connectivity index (χ4n) is 3.66. The Labute approximate surface area is 147 Å². The quantitative estimate of drug-likeness (QED) is 0.804. The van der Waals surface area contributed by atoms with Crippen LogP contribution in [0.15, 0.2) is 6.20 Å². The second-order valence-electron chi connectivity index (χ2n) is 7.45. The number of aliphatic hydroxyl groups excluding tert-OH is 1. The van der Waals surface area contributed by atoms with Crippen molar-refractivity contribution in [3.63, 3.8) is 0 Å². The lowest BCUT2D eigenvalue weighted by Crippen LogP contribution is -2.48. The predicted molar refractivity (Wildman–Crippen MR) is 90.7 cm³/mol. The largest absolute Gasteiger partial charge is 0.391 e. The molecule has 3 unspecified atom stereocenters. The Balaban J connectivity index is 1.83. The van der Waals surface area contributed by atoms with Crippen LogP contribution in [0.3, 0.4) is 0 Å².